The molecule has 4 rings (SSSR count). The van der Waals surface area contributed by atoms with Gasteiger partial charge in [-0.05, 0) is 48.0 Å². The van der Waals surface area contributed by atoms with Crippen molar-refractivity contribution in [2.24, 2.45) is 0 Å². The average molecular weight is 498 g/mol. The fourth-order valence-corrected chi connectivity index (χ4v) is 3.51. The van der Waals surface area contributed by atoms with Gasteiger partial charge in [0.05, 0.1) is 22.9 Å². The highest BCUT2D eigenvalue weighted by atomic mass is 19.4. The summed E-state index contributed by atoms with van der Waals surface area (Å²) in [6, 6.07) is 16.4. The summed E-state index contributed by atoms with van der Waals surface area (Å²) >= 11 is 0. The van der Waals surface area contributed by atoms with Gasteiger partial charge in [-0.15, -0.1) is 0 Å². The van der Waals surface area contributed by atoms with E-state index < -0.39 is 46.8 Å². The van der Waals surface area contributed by atoms with E-state index in [1.165, 1.54) is 48.5 Å². The summed E-state index contributed by atoms with van der Waals surface area (Å²) in [5.41, 5.74) is -2.13. The van der Waals surface area contributed by atoms with E-state index in [2.05, 4.69) is 10.4 Å². The van der Waals surface area contributed by atoms with Crippen LogP contribution in [0, 0.1) is 23.0 Å². The number of benzene rings is 3. The topological polar surface area (TPSA) is 90.9 Å². The van der Waals surface area contributed by atoms with Crippen LogP contribution in [0.4, 0.5) is 27.6 Å². The number of carbonyl (C=O) groups excluding carboxylic acids is 1. The van der Waals surface area contributed by atoms with Crippen molar-refractivity contribution in [3.63, 3.8) is 0 Å². The zero-order valence-electron chi connectivity index (χ0n) is 18.1. The van der Waals surface area contributed by atoms with Gasteiger partial charge in [-0.2, -0.15) is 23.5 Å². The first-order chi connectivity index (χ1) is 17.1. The highest BCUT2D eigenvalue weighted by Gasteiger charge is 2.36. The number of halogens is 5. The lowest BCUT2D eigenvalue weighted by atomic mass is 10.00. The first-order valence-electron chi connectivity index (χ1n) is 10.3. The molecule has 0 fully saturated rings. The number of aromatic nitrogens is 2. The molecule has 0 aliphatic carbocycles. The van der Waals surface area contributed by atoms with Crippen molar-refractivity contribution in [1.82, 2.24) is 9.78 Å². The molecule has 1 heterocycles. The van der Waals surface area contributed by atoms with Gasteiger partial charge in [0.2, 0.25) is 0 Å². The lowest BCUT2D eigenvalue weighted by molar-refractivity contribution is -0.141. The van der Waals surface area contributed by atoms with Crippen molar-refractivity contribution in [3.8, 4) is 11.8 Å². The molecule has 0 radical (unpaired) electrons. The van der Waals surface area contributed by atoms with Gasteiger partial charge in [-0.3, -0.25) is 4.79 Å². The van der Waals surface area contributed by atoms with Crippen LogP contribution in [0.5, 0.6) is 0 Å². The first kappa shape index (κ1) is 24.6. The van der Waals surface area contributed by atoms with E-state index in [-0.39, 0.29) is 22.5 Å². The van der Waals surface area contributed by atoms with Gasteiger partial charge in [0.15, 0.2) is 5.69 Å². The van der Waals surface area contributed by atoms with Crippen LogP contribution in [-0.2, 0) is 6.18 Å². The lowest BCUT2D eigenvalue weighted by Crippen LogP contribution is -2.17. The molecule has 36 heavy (non-hydrogen) atoms. The van der Waals surface area contributed by atoms with Crippen molar-refractivity contribution in [2.45, 2.75) is 12.3 Å². The molecule has 1 atom stereocenters. The maximum Gasteiger partial charge on any atom is 0.435 e. The molecular weight excluding hydrogens is 483 g/mol. The molecule has 1 aromatic heterocycles. The van der Waals surface area contributed by atoms with E-state index in [1.807, 2.05) is 6.07 Å². The van der Waals surface area contributed by atoms with E-state index in [1.54, 1.807) is 0 Å². The van der Waals surface area contributed by atoms with Gasteiger partial charge >= 0.3 is 6.18 Å². The molecule has 0 bridgehead atoms. The number of alkyl halides is 3. The van der Waals surface area contributed by atoms with Crippen molar-refractivity contribution in [3.05, 3.63) is 113 Å². The molecule has 182 valence electrons. The van der Waals surface area contributed by atoms with Crippen LogP contribution in [0.15, 0.2) is 72.8 Å². The number of hydrogen-bond donors (Lipinski definition) is 2. The molecule has 0 saturated heterocycles. The molecule has 11 heteroatoms. The minimum atomic E-state index is -4.85. The molecule has 0 saturated carbocycles. The number of rotatable bonds is 5. The Bertz CT molecular complexity index is 1470. The molecule has 4 aromatic rings. The third-order valence-corrected chi connectivity index (χ3v) is 5.19. The van der Waals surface area contributed by atoms with Crippen LogP contribution in [0.2, 0.25) is 0 Å². The van der Waals surface area contributed by atoms with Gasteiger partial charge < -0.3 is 10.4 Å². The predicted octanol–water partition coefficient (Wildman–Crippen LogP) is 5.37. The second-order valence-electron chi connectivity index (χ2n) is 7.60. The number of carbonyl (C=O) groups is 1. The molecule has 6 nitrogen and oxygen atoms in total. The van der Waals surface area contributed by atoms with E-state index in [0.717, 1.165) is 22.9 Å². The van der Waals surface area contributed by atoms with Crippen LogP contribution < -0.4 is 5.32 Å². The molecule has 0 spiro atoms. The summed E-state index contributed by atoms with van der Waals surface area (Å²) in [5, 5.41) is 25.5. The highest BCUT2D eigenvalue weighted by Crippen LogP contribution is 2.31. The SMILES string of the molecule is N#Cc1cccc(-n2nc(C(F)(F)F)cc2C(=O)Nc2cccc(C(O)c3c(F)cccc3F)c2)c1. The van der Waals surface area contributed by atoms with Crippen molar-refractivity contribution in [2.75, 3.05) is 5.32 Å². The quantitative estimate of drug-likeness (QED) is 0.362. The Hall–Kier alpha value is -4.56. The molecule has 3 aromatic carbocycles. The summed E-state index contributed by atoms with van der Waals surface area (Å²) in [5.74, 6) is -2.93. The normalized spacial score (nSPS) is 12.1. The average Bonchev–Trinajstić information content (AvgIpc) is 3.31. The van der Waals surface area contributed by atoms with Crippen molar-refractivity contribution >= 4 is 11.6 Å². The predicted molar refractivity (Wildman–Crippen MR) is 118 cm³/mol. The third-order valence-electron chi connectivity index (χ3n) is 5.19. The molecular formula is C25H15F5N4O2. The Morgan fingerprint density at radius 2 is 1.67 bits per heavy atom. The van der Waals surface area contributed by atoms with Crippen LogP contribution in [0.1, 0.15) is 39.0 Å². The number of aliphatic hydroxyl groups excluding tert-OH is 1. The number of hydrogen-bond acceptors (Lipinski definition) is 4. The summed E-state index contributed by atoms with van der Waals surface area (Å²) in [4.78, 5) is 13.0. The largest absolute Gasteiger partial charge is 0.435 e. The number of amides is 1. The molecule has 1 unspecified atom stereocenters. The second kappa shape index (κ2) is 9.59. The fourth-order valence-electron chi connectivity index (χ4n) is 3.51. The minimum Gasteiger partial charge on any atom is -0.383 e. The Morgan fingerprint density at radius 1 is 1.00 bits per heavy atom. The number of nitrogens with one attached hydrogen (secondary N) is 1. The molecule has 0 aliphatic rings. The number of anilines is 1. The molecule has 0 aliphatic heterocycles. The third kappa shape index (κ3) is 4.94. The maximum absolute atomic E-state index is 14.1. The Morgan fingerprint density at radius 3 is 2.33 bits per heavy atom. The van der Waals surface area contributed by atoms with E-state index in [9.17, 15) is 31.9 Å². The van der Waals surface area contributed by atoms with Gasteiger partial charge in [0, 0.05) is 11.8 Å². The molecule has 2 N–H and O–H groups in total. The number of nitrogens with zero attached hydrogens (tertiary/aromatic N) is 3. The summed E-state index contributed by atoms with van der Waals surface area (Å²) < 4.78 is 69.0. The van der Waals surface area contributed by atoms with Crippen molar-refractivity contribution < 1.29 is 31.9 Å². The highest BCUT2D eigenvalue weighted by molar-refractivity contribution is 6.03. The van der Waals surface area contributed by atoms with Gasteiger partial charge in [0.25, 0.3) is 5.91 Å². The number of nitriles is 1. The monoisotopic (exact) mass is 498 g/mol. The maximum atomic E-state index is 14.1. The molecule has 1 amide bonds. The van der Waals surface area contributed by atoms with Crippen LogP contribution >= 0.6 is 0 Å². The summed E-state index contributed by atoms with van der Waals surface area (Å²) in [7, 11) is 0. The smallest absolute Gasteiger partial charge is 0.383 e. The Kier molecular flexibility index (Phi) is 6.55. The van der Waals surface area contributed by atoms with Crippen LogP contribution in [0.25, 0.3) is 5.69 Å². The standard InChI is InChI=1S/C25H15F5N4O2/c26-18-8-3-9-19(27)22(18)23(35)15-5-2-6-16(11-15)32-24(36)20-12-21(25(28,29)30)33-34(20)17-7-1-4-14(10-17)13-31/h1-12,23,35H,(H,32,36). The van der Waals surface area contributed by atoms with Gasteiger partial charge in [-0.1, -0.05) is 24.3 Å². The zero-order valence-corrected chi connectivity index (χ0v) is 18.1. The van der Waals surface area contributed by atoms with Crippen LogP contribution in [-0.4, -0.2) is 20.8 Å². The first-order valence-corrected chi connectivity index (χ1v) is 10.3. The van der Waals surface area contributed by atoms with Crippen molar-refractivity contribution in [1.29, 1.82) is 5.26 Å². The van der Waals surface area contributed by atoms with E-state index in [0.29, 0.717) is 6.07 Å². The van der Waals surface area contributed by atoms with E-state index in [4.69, 9.17) is 5.26 Å². The lowest BCUT2D eigenvalue weighted by Gasteiger charge is -2.15. The minimum absolute atomic E-state index is 0.0306. The Balaban J connectivity index is 1.69. The summed E-state index contributed by atoms with van der Waals surface area (Å²) in [6.07, 6.45) is -6.56. The zero-order chi connectivity index (χ0) is 26.0. The summed E-state index contributed by atoms with van der Waals surface area (Å²) in [6.45, 7) is 0. The van der Waals surface area contributed by atoms with Gasteiger partial charge in [0.1, 0.15) is 23.4 Å². The number of aliphatic hydroxyl groups is 1. The second-order valence-corrected chi connectivity index (χ2v) is 7.60. The fraction of sp³-hybridized carbons (Fsp3) is 0.0800. The Labute approximate surface area is 200 Å². The van der Waals surface area contributed by atoms with Gasteiger partial charge in [-0.25, -0.2) is 13.5 Å². The van der Waals surface area contributed by atoms with E-state index >= 15 is 0 Å². The van der Waals surface area contributed by atoms with Crippen LogP contribution in [0.3, 0.4) is 0 Å².